The van der Waals surface area contributed by atoms with Gasteiger partial charge in [-0.1, -0.05) is 36.4 Å². The summed E-state index contributed by atoms with van der Waals surface area (Å²) < 4.78 is 0. The highest BCUT2D eigenvalue weighted by molar-refractivity contribution is 5.87. The van der Waals surface area contributed by atoms with Crippen molar-refractivity contribution in [1.82, 2.24) is 4.90 Å². The minimum atomic E-state index is -0.879. The summed E-state index contributed by atoms with van der Waals surface area (Å²) in [5.74, 6) is -0.902. The second kappa shape index (κ2) is 10.4. The molecule has 1 atom stereocenters. The van der Waals surface area contributed by atoms with E-state index >= 15 is 0 Å². The topological polar surface area (TPSA) is 104 Å². The number of nitrogens with zero attached hydrogens (tertiary/aromatic N) is 1. The van der Waals surface area contributed by atoms with Crippen LogP contribution in [0, 0.1) is 5.92 Å². The highest BCUT2D eigenvalue weighted by Gasteiger charge is 2.31. The SMILES string of the molecule is N[C@H]1CN2CCC1CC2.O=C(O)c1ccccc1.O=C(O)c1ccccc1. The molecule has 3 fully saturated rings. The Morgan fingerprint density at radius 3 is 1.41 bits per heavy atom. The number of hydrogen-bond acceptors (Lipinski definition) is 4. The summed E-state index contributed by atoms with van der Waals surface area (Å²) in [7, 11) is 0. The van der Waals surface area contributed by atoms with Crippen molar-refractivity contribution in [2.24, 2.45) is 11.7 Å². The first-order valence-corrected chi connectivity index (χ1v) is 9.02. The van der Waals surface area contributed by atoms with Crippen molar-refractivity contribution in [1.29, 1.82) is 0 Å². The van der Waals surface area contributed by atoms with Crippen LogP contribution in [0.4, 0.5) is 0 Å². The molecule has 0 spiro atoms. The molecule has 2 aromatic carbocycles. The van der Waals surface area contributed by atoms with Crippen molar-refractivity contribution in [2.75, 3.05) is 19.6 Å². The summed E-state index contributed by atoms with van der Waals surface area (Å²) in [4.78, 5) is 22.9. The van der Waals surface area contributed by atoms with Crippen molar-refractivity contribution in [3.8, 4) is 0 Å². The summed E-state index contributed by atoms with van der Waals surface area (Å²) in [6, 6.07) is 17.1. The first-order valence-electron chi connectivity index (χ1n) is 9.02. The molecule has 0 saturated carbocycles. The van der Waals surface area contributed by atoms with Crippen LogP contribution in [0.2, 0.25) is 0 Å². The maximum atomic E-state index is 10.2. The van der Waals surface area contributed by atoms with Crippen molar-refractivity contribution in [3.05, 3.63) is 71.8 Å². The van der Waals surface area contributed by atoms with Crippen LogP contribution in [0.5, 0.6) is 0 Å². The monoisotopic (exact) mass is 370 g/mol. The number of carbonyl (C=O) groups is 2. The van der Waals surface area contributed by atoms with Crippen molar-refractivity contribution < 1.29 is 19.8 Å². The normalized spacial score (nSPS) is 22.5. The summed E-state index contributed by atoms with van der Waals surface area (Å²) in [6.07, 6.45) is 2.70. The molecule has 0 radical (unpaired) electrons. The van der Waals surface area contributed by atoms with Crippen molar-refractivity contribution in [2.45, 2.75) is 18.9 Å². The lowest BCUT2D eigenvalue weighted by atomic mass is 9.85. The smallest absolute Gasteiger partial charge is 0.335 e. The molecule has 2 aromatic rings. The Kier molecular flexibility index (Phi) is 7.98. The third kappa shape index (κ3) is 6.84. The van der Waals surface area contributed by atoms with Crippen LogP contribution >= 0.6 is 0 Å². The van der Waals surface area contributed by atoms with Gasteiger partial charge in [-0.05, 0) is 56.1 Å². The van der Waals surface area contributed by atoms with Gasteiger partial charge in [-0.15, -0.1) is 0 Å². The van der Waals surface area contributed by atoms with Crippen molar-refractivity contribution >= 4 is 11.9 Å². The molecule has 3 heterocycles. The molecule has 3 aliphatic heterocycles. The zero-order valence-corrected chi connectivity index (χ0v) is 15.2. The number of nitrogens with two attached hydrogens (primary N) is 1. The number of carboxylic acids is 2. The van der Waals surface area contributed by atoms with Crippen LogP contribution in [0.1, 0.15) is 33.6 Å². The van der Waals surface area contributed by atoms with Gasteiger partial charge in [0, 0.05) is 12.6 Å². The third-order valence-electron chi connectivity index (χ3n) is 4.75. The molecule has 4 N–H and O–H groups in total. The van der Waals surface area contributed by atoms with E-state index < -0.39 is 11.9 Å². The van der Waals surface area contributed by atoms with E-state index in [4.69, 9.17) is 15.9 Å². The molecule has 3 aliphatic rings. The zero-order valence-electron chi connectivity index (χ0n) is 15.2. The molecule has 0 aromatic heterocycles. The van der Waals surface area contributed by atoms with E-state index in [1.165, 1.54) is 25.9 Å². The molecule has 5 rings (SSSR count). The van der Waals surface area contributed by atoms with Gasteiger partial charge in [0.1, 0.15) is 0 Å². The van der Waals surface area contributed by atoms with Crippen LogP contribution < -0.4 is 5.73 Å². The maximum Gasteiger partial charge on any atom is 0.335 e. The molecular formula is C21H26N2O4. The Hall–Kier alpha value is -2.70. The lowest BCUT2D eigenvalue weighted by molar-refractivity contribution is 0.0686. The number of benzene rings is 2. The number of fused-ring (bicyclic) bond motifs is 3. The van der Waals surface area contributed by atoms with Gasteiger partial charge in [0.15, 0.2) is 0 Å². The Bertz CT molecular complexity index is 664. The Morgan fingerprint density at radius 1 is 0.815 bits per heavy atom. The highest BCUT2D eigenvalue weighted by atomic mass is 16.4. The van der Waals surface area contributed by atoms with E-state index in [1.54, 1.807) is 60.7 Å². The minimum absolute atomic E-state index is 0.331. The van der Waals surface area contributed by atoms with E-state index in [2.05, 4.69) is 4.90 Å². The third-order valence-corrected chi connectivity index (χ3v) is 4.75. The van der Waals surface area contributed by atoms with E-state index in [-0.39, 0.29) is 0 Å². The molecular weight excluding hydrogens is 344 g/mol. The number of hydrogen-bond donors (Lipinski definition) is 3. The fraction of sp³-hybridized carbons (Fsp3) is 0.333. The summed E-state index contributed by atoms with van der Waals surface area (Å²) in [5, 5.41) is 16.8. The Balaban J connectivity index is 0.000000145. The molecule has 0 amide bonds. The fourth-order valence-electron chi connectivity index (χ4n) is 3.17. The minimum Gasteiger partial charge on any atom is -0.478 e. The van der Waals surface area contributed by atoms with Gasteiger partial charge in [0.2, 0.25) is 0 Å². The Morgan fingerprint density at radius 2 is 1.22 bits per heavy atom. The average Bonchev–Trinajstić information content (AvgIpc) is 2.71. The van der Waals surface area contributed by atoms with Gasteiger partial charge >= 0.3 is 11.9 Å². The van der Waals surface area contributed by atoms with Crippen molar-refractivity contribution in [3.63, 3.8) is 0 Å². The maximum absolute atomic E-state index is 10.2. The van der Waals surface area contributed by atoms with E-state index in [0.29, 0.717) is 17.2 Å². The molecule has 0 unspecified atom stereocenters. The van der Waals surface area contributed by atoms with Gasteiger partial charge < -0.3 is 20.8 Å². The number of rotatable bonds is 2. The molecule has 6 nitrogen and oxygen atoms in total. The van der Waals surface area contributed by atoms with Gasteiger partial charge in [-0.25, -0.2) is 9.59 Å². The number of piperidine rings is 3. The van der Waals surface area contributed by atoms with E-state index in [9.17, 15) is 9.59 Å². The zero-order chi connectivity index (χ0) is 19.6. The van der Waals surface area contributed by atoms with Crippen LogP contribution in [0.25, 0.3) is 0 Å². The van der Waals surface area contributed by atoms with Gasteiger partial charge in [-0.3, -0.25) is 0 Å². The summed E-state index contributed by atoms with van der Waals surface area (Å²) >= 11 is 0. The first kappa shape index (κ1) is 20.6. The lowest BCUT2D eigenvalue weighted by Gasteiger charge is -2.43. The predicted molar refractivity (Wildman–Crippen MR) is 104 cm³/mol. The van der Waals surface area contributed by atoms with Gasteiger partial charge in [0.05, 0.1) is 11.1 Å². The quantitative estimate of drug-likeness (QED) is 0.751. The summed E-state index contributed by atoms with van der Waals surface area (Å²) in [5.41, 5.74) is 6.54. The molecule has 0 aliphatic carbocycles. The second-order valence-electron chi connectivity index (χ2n) is 6.64. The molecule has 3 saturated heterocycles. The van der Waals surface area contributed by atoms with Gasteiger partial charge in [-0.2, -0.15) is 0 Å². The van der Waals surface area contributed by atoms with E-state index in [0.717, 1.165) is 12.5 Å². The van der Waals surface area contributed by atoms with Crippen LogP contribution in [-0.2, 0) is 0 Å². The lowest BCUT2D eigenvalue weighted by Crippen LogP contribution is -2.54. The molecule has 27 heavy (non-hydrogen) atoms. The van der Waals surface area contributed by atoms with E-state index in [1.807, 2.05) is 0 Å². The van der Waals surface area contributed by atoms with Crippen LogP contribution in [0.15, 0.2) is 60.7 Å². The number of carboxylic acid groups (broad SMARTS) is 2. The largest absolute Gasteiger partial charge is 0.478 e. The molecule has 6 heteroatoms. The average molecular weight is 370 g/mol. The van der Waals surface area contributed by atoms with Crippen LogP contribution in [-0.4, -0.2) is 52.7 Å². The predicted octanol–water partition coefficient (Wildman–Crippen LogP) is 2.81. The molecule has 2 bridgehead atoms. The van der Waals surface area contributed by atoms with Gasteiger partial charge in [0.25, 0.3) is 0 Å². The Labute approximate surface area is 159 Å². The molecule has 144 valence electrons. The fourth-order valence-corrected chi connectivity index (χ4v) is 3.17. The summed E-state index contributed by atoms with van der Waals surface area (Å²) in [6.45, 7) is 3.77. The number of aromatic carboxylic acids is 2. The van der Waals surface area contributed by atoms with Crippen LogP contribution in [0.3, 0.4) is 0 Å². The second-order valence-corrected chi connectivity index (χ2v) is 6.64. The standard InChI is InChI=1S/C7H14N2.2C7H6O2/c8-7-5-9-3-1-6(7)2-4-9;2*8-7(9)6-4-2-1-3-5-6/h6-7H,1-5,8H2;2*1-5H,(H,8,9)/t7-;;/m0../s1. The highest BCUT2D eigenvalue weighted by Crippen LogP contribution is 2.25. The first-order chi connectivity index (χ1) is 13.0.